The van der Waals surface area contributed by atoms with E-state index in [1.807, 2.05) is 0 Å². The van der Waals surface area contributed by atoms with Crippen molar-refractivity contribution in [3.63, 3.8) is 0 Å². The normalized spacial score (nSPS) is 22.9. The lowest BCUT2D eigenvalue weighted by Crippen LogP contribution is -2.50. The van der Waals surface area contributed by atoms with Gasteiger partial charge in [0.25, 0.3) is 0 Å². The van der Waals surface area contributed by atoms with E-state index in [1.165, 1.54) is 12.8 Å². The Bertz CT molecular complexity index is 310. The molecule has 124 valence electrons. The van der Waals surface area contributed by atoms with Crippen molar-refractivity contribution in [1.82, 2.24) is 10.2 Å². The van der Waals surface area contributed by atoms with Gasteiger partial charge in [0.1, 0.15) is 5.54 Å². The van der Waals surface area contributed by atoms with Gasteiger partial charge < -0.3 is 20.1 Å². The fraction of sp³-hybridized carbons (Fsp3) is 0.938. The zero-order chi connectivity index (χ0) is 15.7. The highest BCUT2D eigenvalue weighted by atomic mass is 16.5. The summed E-state index contributed by atoms with van der Waals surface area (Å²) in [7, 11) is 1.76. The van der Waals surface area contributed by atoms with Gasteiger partial charge in [-0.3, -0.25) is 4.79 Å². The summed E-state index contributed by atoms with van der Waals surface area (Å²) in [5.41, 5.74) is -0.794. The Morgan fingerprint density at radius 2 is 2.29 bits per heavy atom. The van der Waals surface area contributed by atoms with Gasteiger partial charge in [0.15, 0.2) is 0 Å². The van der Waals surface area contributed by atoms with Gasteiger partial charge in [0.2, 0.25) is 0 Å². The summed E-state index contributed by atoms with van der Waals surface area (Å²) in [6.45, 7) is 8.64. The molecule has 1 aliphatic heterocycles. The van der Waals surface area contributed by atoms with Crippen LogP contribution >= 0.6 is 0 Å². The van der Waals surface area contributed by atoms with E-state index in [2.05, 4.69) is 17.1 Å². The molecule has 0 bridgehead atoms. The molecule has 0 aromatic heterocycles. The smallest absolute Gasteiger partial charge is 0.323 e. The zero-order valence-corrected chi connectivity index (χ0v) is 13.9. The molecule has 0 spiro atoms. The van der Waals surface area contributed by atoms with Gasteiger partial charge in [-0.1, -0.05) is 6.92 Å². The number of aliphatic carboxylic acids is 1. The summed E-state index contributed by atoms with van der Waals surface area (Å²) in [5.74, 6) is -0.111. The Labute approximate surface area is 129 Å². The van der Waals surface area contributed by atoms with Crippen LogP contribution in [0.3, 0.4) is 0 Å². The number of methoxy groups -OCH3 is 1. The van der Waals surface area contributed by atoms with Gasteiger partial charge >= 0.3 is 5.97 Å². The minimum Gasteiger partial charge on any atom is -0.480 e. The summed E-state index contributed by atoms with van der Waals surface area (Å²) < 4.78 is 5.25. The number of carbonyl (C=O) groups is 1. The maximum atomic E-state index is 11.5. The lowest BCUT2D eigenvalue weighted by Gasteiger charge is -2.33. The number of carboxylic acids is 1. The third-order valence-corrected chi connectivity index (χ3v) is 4.39. The highest BCUT2D eigenvalue weighted by Crippen LogP contribution is 2.19. The second-order valence-corrected chi connectivity index (χ2v) is 6.43. The number of carboxylic acid groups (broad SMARTS) is 1. The molecule has 1 aliphatic rings. The molecule has 0 aliphatic carbocycles. The molecular formula is C16H32N2O3. The first-order valence-corrected chi connectivity index (χ1v) is 8.21. The molecule has 0 amide bonds. The molecule has 2 N–H and O–H groups in total. The van der Waals surface area contributed by atoms with Gasteiger partial charge in [-0.05, 0) is 64.6 Å². The standard InChI is InChI=1S/C16H32N2O3/c1-4-9-17-16(2,15(19)20)8-6-11-18-10-5-7-14(12-18)13-21-3/h14,17H,4-13H2,1-3H3,(H,19,20). The van der Waals surface area contributed by atoms with Crippen molar-refractivity contribution >= 4 is 5.97 Å². The Balaban J connectivity index is 2.34. The molecule has 1 fully saturated rings. The van der Waals surface area contributed by atoms with Crippen LogP contribution in [0.5, 0.6) is 0 Å². The summed E-state index contributed by atoms with van der Waals surface area (Å²) >= 11 is 0. The lowest BCUT2D eigenvalue weighted by atomic mass is 9.94. The zero-order valence-electron chi connectivity index (χ0n) is 13.9. The molecule has 2 unspecified atom stereocenters. The highest BCUT2D eigenvalue weighted by Gasteiger charge is 2.31. The van der Waals surface area contributed by atoms with Crippen LogP contribution in [0.4, 0.5) is 0 Å². The van der Waals surface area contributed by atoms with Crippen LogP contribution in [-0.2, 0) is 9.53 Å². The molecule has 21 heavy (non-hydrogen) atoms. The first-order valence-electron chi connectivity index (χ1n) is 8.21. The molecule has 0 radical (unpaired) electrons. The number of likely N-dealkylation sites (tertiary alicyclic amines) is 1. The van der Waals surface area contributed by atoms with Crippen molar-refractivity contribution in [3.05, 3.63) is 0 Å². The van der Waals surface area contributed by atoms with Crippen molar-refractivity contribution in [2.45, 2.75) is 51.5 Å². The number of nitrogens with zero attached hydrogens (tertiary/aromatic N) is 1. The predicted molar refractivity (Wildman–Crippen MR) is 84.6 cm³/mol. The Morgan fingerprint density at radius 3 is 2.90 bits per heavy atom. The van der Waals surface area contributed by atoms with Crippen LogP contribution in [0, 0.1) is 5.92 Å². The lowest BCUT2D eigenvalue weighted by molar-refractivity contribution is -0.144. The molecule has 1 heterocycles. The highest BCUT2D eigenvalue weighted by molar-refractivity contribution is 5.78. The molecule has 0 aromatic carbocycles. The topological polar surface area (TPSA) is 61.8 Å². The van der Waals surface area contributed by atoms with Crippen molar-refractivity contribution in [3.8, 4) is 0 Å². The fourth-order valence-electron chi connectivity index (χ4n) is 3.05. The van der Waals surface area contributed by atoms with E-state index in [0.29, 0.717) is 12.3 Å². The minimum atomic E-state index is -0.794. The van der Waals surface area contributed by atoms with Crippen LogP contribution in [0.15, 0.2) is 0 Å². The third kappa shape index (κ3) is 6.32. The minimum absolute atomic E-state index is 0.632. The summed E-state index contributed by atoms with van der Waals surface area (Å²) in [6, 6.07) is 0. The Morgan fingerprint density at radius 1 is 1.52 bits per heavy atom. The van der Waals surface area contributed by atoms with Gasteiger partial charge in [0.05, 0.1) is 6.61 Å². The monoisotopic (exact) mass is 300 g/mol. The van der Waals surface area contributed by atoms with E-state index in [-0.39, 0.29) is 0 Å². The average molecular weight is 300 g/mol. The predicted octanol–water partition coefficient (Wildman–Crippen LogP) is 1.97. The van der Waals surface area contributed by atoms with Crippen LogP contribution < -0.4 is 5.32 Å². The average Bonchev–Trinajstić information content (AvgIpc) is 2.46. The Hall–Kier alpha value is -0.650. The summed E-state index contributed by atoms with van der Waals surface area (Å²) in [5, 5.41) is 12.6. The molecule has 5 heteroatoms. The summed E-state index contributed by atoms with van der Waals surface area (Å²) in [4.78, 5) is 13.9. The maximum Gasteiger partial charge on any atom is 0.323 e. The molecule has 2 atom stereocenters. The maximum absolute atomic E-state index is 11.5. The molecule has 1 saturated heterocycles. The second kappa shape index (κ2) is 9.38. The molecule has 0 saturated carbocycles. The largest absolute Gasteiger partial charge is 0.480 e. The SMILES string of the molecule is CCCNC(C)(CCCN1CCCC(COC)C1)C(=O)O. The Kier molecular flexibility index (Phi) is 8.22. The van der Waals surface area contributed by atoms with E-state index < -0.39 is 11.5 Å². The van der Waals surface area contributed by atoms with Gasteiger partial charge in [-0.2, -0.15) is 0 Å². The van der Waals surface area contributed by atoms with Crippen LogP contribution in [0.1, 0.15) is 46.0 Å². The molecule has 0 aromatic rings. The van der Waals surface area contributed by atoms with Crippen molar-refractivity contribution in [2.24, 2.45) is 5.92 Å². The van der Waals surface area contributed by atoms with E-state index in [9.17, 15) is 9.90 Å². The number of nitrogens with one attached hydrogen (secondary N) is 1. The quantitative estimate of drug-likeness (QED) is 0.646. The second-order valence-electron chi connectivity index (χ2n) is 6.43. The number of piperidine rings is 1. The number of hydrogen-bond donors (Lipinski definition) is 2. The number of hydrogen-bond acceptors (Lipinski definition) is 4. The van der Waals surface area contributed by atoms with Crippen LogP contribution in [-0.4, -0.2) is 61.4 Å². The first-order chi connectivity index (χ1) is 10.0. The number of rotatable bonds is 10. The van der Waals surface area contributed by atoms with Crippen molar-refractivity contribution in [1.29, 1.82) is 0 Å². The van der Waals surface area contributed by atoms with Crippen molar-refractivity contribution in [2.75, 3.05) is 39.9 Å². The molecular weight excluding hydrogens is 268 g/mol. The molecule has 1 rings (SSSR count). The summed E-state index contributed by atoms with van der Waals surface area (Å²) in [6.07, 6.45) is 5.01. The third-order valence-electron chi connectivity index (χ3n) is 4.39. The van der Waals surface area contributed by atoms with Gasteiger partial charge in [-0.25, -0.2) is 0 Å². The van der Waals surface area contributed by atoms with Crippen molar-refractivity contribution < 1.29 is 14.6 Å². The van der Waals surface area contributed by atoms with E-state index in [4.69, 9.17) is 4.74 Å². The van der Waals surface area contributed by atoms with Gasteiger partial charge in [0, 0.05) is 13.7 Å². The number of ether oxygens (including phenoxy) is 1. The van der Waals surface area contributed by atoms with Crippen LogP contribution in [0.2, 0.25) is 0 Å². The van der Waals surface area contributed by atoms with Crippen LogP contribution in [0.25, 0.3) is 0 Å². The molecule has 5 nitrogen and oxygen atoms in total. The first kappa shape index (κ1) is 18.4. The van der Waals surface area contributed by atoms with E-state index in [1.54, 1.807) is 14.0 Å². The van der Waals surface area contributed by atoms with E-state index >= 15 is 0 Å². The fourth-order valence-corrected chi connectivity index (χ4v) is 3.05. The van der Waals surface area contributed by atoms with Gasteiger partial charge in [-0.15, -0.1) is 0 Å². The van der Waals surface area contributed by atoms with E-state index in [0.717, 1.165) is 45.6 Å².